The van der Waals surface area contributed by atoms with Gasteiger partial charge in [-0.15, -0.1) is 0 Å². The Hall–Kier alpha value is -2.95. The molecule has 2 aromatic rings. The summed E-state index contributed by atoms with van der Waals surface area (Å²) in [7, 11) is 0. The Labute approximate surface area is 140 Å². The Bertz CT molecular complexity index is 783. The first-order valence-electron chi connectivity index (χ1n) is 7.78. The molecule has 0 aliphatic carbocycles. The zero-order chi connectivity index (χ0) is 16.9. The quantitative estimate of drug-likeness (QED) is 0.850. The van der Waals surface area contributed by atoms with Crippen molar-refractivity contribution in [2.45, 2.75) is 13.8 Å². The third-order valence-corrected chi connectivity index (χ3v) is 3.52. The summed E-state index contributed by atoms with van der Waals surface area (Å²) < 4.78 is 16.1. The first kappa shape index (κ1) is 15.9. The second-order valence-corrected chi connectivity index (χ2v) is 5.36. The Balaban J connectivity index is 1.69. The van der Waals surface area contributed by atoms with Crippen LogP contribution in [0.3, 0.4) is 0 Å². The Morgan fingerprint density at radius 2 is 2.04 bits per heavy atom. The van der Waals surface area contributed by atoms with Crippen LogP contribution in [-0.2, 0) is 4.79 Å². The molecule has 0 saturated heterocycles. The summed E-state index contributed by atoms with van der Waals surface area (Å²) in [6.07, 6.45) is 3.23. The predicted octanol–water partition coefficient (Wildman–Crippen LogP) is 3.77. The number of rotatable bonds is 5. The van der Waals surface area contributed by atoms with Gasteiger partial charge < -0.3 is 19.5 Å². The molecule has 124 valence electrons. The molecule has 0 bridgehead atoms. The second kappa shape index (κ2) is 7.08. The lowest BCUT2D eigenvalue weighted by Gasteiger charge is -2.08. The molecule has 1 N–H and O–H groups in total. The van der Waals surface area contributed by atoms with E-state index in [4.69, 9.17) is 14.2 Å². The maximum absolute atomic E-state index is 12.1. The molecular formula is C19H19NO4. The fraction of sp³-hybridized carbons (Fsp3) is 0.211. The molecule has 0 atom stereocenters. The predicted molar refractivity (Wildman–Crippen MR) is 92.6 cm³/mol. The van der Waals surface area contributed by atoms with Gasteiger partial charge in [0.05, 0.1) is 6.61 Å². The van der Waals surface area contributed by atoms with E-state index in [9.17, 15) is 4.79 Å². The lowest BCUT2D eigenvalue weighted by atomic mass is 10.1. The number of benzene rings is 2. The summed E-state index contributed by atoms with van der Waals surface area (Å²) in [5.74, 6) is 1.86. The smallest absolute Gasteiger partial charge is 0.248 e. The largest absolute Gasteiger partial charge is 0.493 e. The maximum atomic E-state index is 12.1. The molecule has 1 aliphatic rings. The molecular weight excluding hydrogens is 306 g/mol. The minimum atomic E-state index is -0.225. The summed E-state index contributed by atoms with van der Waals surface area (Å²) in [6, 6.07) is 11.2. The van der Waals surface area contributed by atoms with Gasteiger partial charge in [-0.1, -0.05) is 12.1 Å². The molecule has 0 unspecified atom stereocenters. The van der Waals surface area contributed by atoms with Crippen LogP contribution in [0, 0.1) is 6.92 Å². The molecule has 2 aromatic carbocycles. The van der Waals surface area contributed by atoms with Crippen LogP contribution in [0.5, 0.6) is 17.2 Å². The molecule has 3 rings (SSSR count). The number of fused-ring (bicyclic) bond motifs is 1. The lowest BCUT2D eigenvalue weighted by Crippen LogP contribution is -2.07. The van der Waals surface area contributed by atoms with E-state index in [-0.39, 0.29) is 12.7 Å². The Kier molecular flexibility index (Phi) is 4.70. The second-order valence-electron chi connectivity index (χ2n) is 5.36. The average molecular weight is 325 g/mol. The van der Waals surface area contributed by atoms with Crippen LogP contribution >= 0.6 is 0 Å². The zero-order valence-electron chi connectivity index (χ0n) is 13.7. The average Bonchev–Trinajstić information content (AvgIpc) is 3.02. The minimum Gasteiger partial charge on any atom is -0.493 e. The summed E-state index contributed by atoms with van der Waals surface area (Å²) in [4.78, 5) is 12.1. The molecule has 24 heavy (non-hydrogen) atoms. The van der Waals surface area contributed by atoms with Gasteiger partial charge in [-0.05, 0) is 43.7 Å². The van der Waals surface area contributed by atoms with Crippen molar-refractivity contribution in [3.8, 4) is 17.2 Å². The van der Waals surface area contributed by atoms with Crippen LogP contribution in [-0.4, -0.2) is 19.3 Å². The van der Waals surface area contributed by atoms with Gasteiger partial charge in [-0.2, -0.15) is 0 Å². The van der Waals surface area contributed by atoms with Gasteiger partial charge in [0, 0.05) is 23.4 Å². The van der Waals surface area contributed by atoms with E-state index in [2.05, 4.69) is 5.32 Å². The number of carbonyl (C=O) groups excluding carboxylic acids is 1. The standard InChI is InChI=1S/C19H19NO4/c1-3-22-17-10-13(2)4-5-14(17)6-9-19(21)20-15-7-8-16-18(11-15)24-12-23-16/h4-11H,3,12H2,1-2H3,(H,20,21)/b9-6+. The summed E-state index contributed by atoms with van der Waals surface area (Å²) in [6.45, 7) is 4.72. The number of hydrogen-bond donors (Lipinski definition) is 1. The van der Waals surface area contributed by atoms with E-state index >= 15 is 0 Å². The van der Waals surface area contributed by atoms with Crippen LogP contribution < -0.4 is 19.5 Å². The number of hydrogen-bond acceptors (Lipinski definition) is 4. The van der Waals surface area contributed by atoms with E-state index < -0.39 is 0 Å². The molecule has 0 fully saturated rings. The molecule has 5 nitrogen and oxygen atoms in total. The normalized spacial score (nSPS) is 12.4. The van der Waals surface area contributed by atoms with Gasteiger partial charge in [0.1, 0.15) is 5.75 Å². The number of anilines is 1. The third kappa shape index (κ3) is 3.68. The van der Waals surface area contributed by atoms with Gasteiger partial charge in [0.25, 0.3) is 0 Å². The highest BCUT2D eigenvalue weighted by Gasteiger charge is 2.13. The van der Waals surface area contributed by atoms with Crippen molar-refractivity contribution in [2.75, 3.05) is 18.7 Å². The first-order chi connectivity index (χ1) is 11.7. The van der Waals surface area contributed by atoms with E-state index in [1.165, 1.54) is 6.08 Å². The van der Waals surface area contributed by atoms with Gasteiger partial charge in [0.15, 0.2) is 11.5 Å². The highest BCUT2D eigenvalue weighted by atomic mass is 16.7. The summed E-state index contributed by atoms with van der Waals surface area (Å²) in [5, 5.41) is 2.80. The van der Waals surface area contributed by atoms with Crippen LogP contribution in [0.15, 0.2) is 42.5 Å². The van der Waals surface area contributed by atoms with Crippen LogP contribution in [0.1, 0.15) is 18.1 Å². The van der Waals surface area contributed by atoms with Gasteiger partial charge in [0.2, 0.25) is 12.7 Å². The number of ether oxygens (including phenoxy) is 3. The van der Waals surface area contributed by atoms with Crippen molar-refractivity contribution in [1.29, 1.82) is 0 Å². The molecule has 0 spiro atoms. The van der Waals surface area contributed by atoms with Crippen molar-refractivity contribution in [1.82, 2.24) is 0 Å². The molecule has 1 heterocycles. The number of amides is 1. The molecule has 0 radical (unpaired) electrons. The van der Waals surface area contributed by atoms with Gasteiger partial charge in [-0.3, -0.25) is 4.79 Å². The highest BCUT2D eigenvalue weighted by Crippen LogP contribution is 2.34. The molecule has 1 amide bonds. The molecule has 5 heteroatoms. The van der Waals surface area contributed by atoms with E-state index in [1.807, 2.05) is 32.0 Å². The molecule has 1 aliphatic heterocycles. The van der Waals surface area contributed by atoms with Crippen molar-refractivity contribution >= 4 is 17.7 Å². The van der Waals surface area contributed by atoms with Crippen molar-refractivity contribution in [3.63, 3.8) is 0 Å². The number of aryl methyl sites for hydroxylation is 1. The third-order valence-electron chi connectivity index (χ3n) is 3.52. The Morgan fingerprint density at radius 3 is 2.88 bits per heavy atom. The van der Waals surface area contributed by atoms with Crippen LogP contribution in [0.25, 0.3) is 6.08 Å². The van der Waals surface area contributed by atoms with E-state index in [0.29, 0.717) is 23.8 Å². The fourth-order valence-electron chi connectivity index (χ4n) is 2.38. The summed E-state index contributed by atoms with van der Waals surface area (Å²) in [5.41, 5.74) is 2.63. The van der Waals surface area contributed by atoms with Crippen LogP contribution in [0.4, 0.5) is 5.69 Å². The maximum Gasteiger partial charge on any atom is 0.248 e. The topological polar surface area (TPSA) is 56.8 Å². The van der Waals surface area contributed by atoms with Gasteiger partial charge in [-0.25, -0.2) is 0 Å². The first-order valence-corrected chi connectivity index (χ1v) is 7.78. The lowest BCUT2D eigenvalue weighted by molar-refractivity contribution is -0.111. The summed E-state index contributed by atoms with van der Waals surface area (Å²) >= 11 is 0. The van der Waals surface area contributed by atoms with E-state index in [0.717, 1.165) is 16.9 Å². The molecule has 0 aromatic heterocycles. The van der Waals surface area contributed by atoms with Gasteiger partial charge >= 0.3 is 0 Å². The number of carbonyl (C=O) groups is 1. The van der Waals surface area contributed by atoms with Crippen molar-refractivity contribution < 1.29 is 19.0 Å². The molecule has 0 saturated carbocycles. The monoisotopic (exact) mass is 325 g/mol. The zero-order valence-corrected chi connectivity index (χ0v) is 13.7. The van der Waals surface area contributed by atoms with E-state index in [1.54, 1.807) is 24.3 Å². The fourth-order valence-corrected chi connectivity index (χ4v) is 2.38. The minimum absolute atomic E-state index is 0.209. The van der Waals surface area contributed by atoms with Crippen LogP contribution in [0.2, 0.25) is 0 Å². The van der Waals surface area contributed by atoms with Crippen molar-refractivity contribution in [3.05, 3.63) is 53.6 Å². The number of nitrogens with one attached hydrogen (secondary N) is 1. The SMILES string of the molecule is CCOc1cc(C)ccc1/C=C/C(=O)Nc1ccc2c(c1)OCO2. The van der Waals surface area contributed by atoms with Crippen molar-refractivity contribution in [2.24, 2.45) is 0 Å². The Morgan fingerprint density at radius 1 is 1.21 bits per heavy atom. The highest BCUT2D eigenvalue weighted by molar-refractivity contribution is 6.02.